The summed E-state index contributed by atoms with van der Waals surface area (Å²) in [5, 5.41) is 10.2. The molecule has 0 aromatic heterocycles. The number of benzene rings is 1. The Morgan fingerprint density at radius 2 is 1.60 bits per heavy atom. The van der Waals surface area contributed by atoms with Crippen LogP contribution in [-0.4, -0.2) is 16.9 Å². The second-order valence-corrected chi connectivity index (χ2v) is 6.13. The van der Waals surface area contributed by atoms with E-state index in [0.29, 0.717) is 22.9 Å². The minimum atomic E-state index is -0.868. The summed E-state index contributed by atoms with van der Waals surface area (Å²) in [5.41, 5.74) is 0.738. The van der Waals surface area contributed by atoms with E-state index in [1.54, 1.807) is 18.2 Å². The predicted octanol–water partition coefficient (Wildman–Crippen LogP) is 4.00. The molecule has 0 heterocycles. The first kappa shape index (κ1) is 15.3. The maximum Gasteiger partial charge on any atom is 0.307 e. The highest BCUT2D eigenvalue weighted by molar-refractivity contribution is 6.34. The first-order valence-corrected chi connectivity index (χ1v) is 7.43. The van der Waals surface area contributed by atoms with Gasteiger partial charge in [-0.15, -0.1) is 0 Å². The van der Waals surface area contributed by atoms with Gasteiger partial charge in [0.2, 0.25) is 0 Å². The van der Waals surface area contributed by atoms with Crippen LogP contribution in [0.4, 0.5) is 0 Å². The van der Waals surface area contributed by atoms with Gasteiger partial charge in [-0.3, -0.25) is 9.59 Å². The molecule has 1 aliphatic carbocycles. The van der Waals surface area contributed by atoms with Crippen LogP contribution in [0.5, 0.6) is 0 Å². The Morgan fingerprint density at radius 3 is 2.15 bits per heavy atom. The summed E-state index contributed by atoms with van der Waals surface area (Å²) in [6.07, 6.45) is 3.22. The van der Waals surface area contributed by atoms with Crippen LogP contribution in [0.3, 0.4) is 0 Å². The van der Waals surface area contributed by atoms with E-state index in [0.717, 1.165) is 18.4 Å². The fourth-order valence-electron chi connectivity index (χ4n) is 2.86. The average Bonchev–Trinajstić information content (AvgIpc) is 2.37. The molecule has 5 heteroatoms. The second kappa shape index (κ2) is 6.59. The molecule has 2 atom stereocenters. The van der Waals surface area contributed by atoms with E-state index in [1.807, 2.05) is 0 Å². The van der Waals surface area contributed by atoms with Crippen molar-refractivity contribution in [2.75, 3.05) is 0 Å². The van der Waals surface area contributed by atoms with Crippen molar-refractivity contribution in [1.82, 2.24) is 0 Å². The lowest BCUT2D eigenvalue weighted by atomic mass is 9.76. The molecular formula is C15H16Cl2O3. The number of hydrogen-bond donors (Lipinski definition) is 1. The zero-order valence-electron chi connectivity index (χ0n) is 10.9. The monoisotopic (exact) mass is 314 g/mol. The van der Waals surface area contributed by atoms with Crippen molar-refractivity contribution in [2.24, 2.45) is 11.8 Å². The Balaban J connectivity index is 2.11. The van der Waals surface area contributed by atoms with Crippen LogP contribution in [0.15, 0.2) is 18.2 Å². The van der Waals surface area contributed by atoms with Crippen molar-refractivity contribution in [3.8, 4) is 0 Å². The second-order valence-electron chi connectivity index (χ2n) is 5.26. The van der Waals surface area contributed by atoms with Gasteiger partial charge in [-0.1, -0.05) is 36.0 Å². The third-order valence-electron chi connectivity index (χ3n) is 3.80. The molecule has 0 spiro atoms. The number of hydrogen-bond acceptors (Lipinski definition) is 2. The summed E-state index contributed by atoms with van der Waals surface area (Å²) in [6.45, 7) is 0. The van der Waals surface area contributed by atoms with Crippen molar-refractivity contribution >= 4 is 35.0 Å². The maximum absolute atomic E-state index is 12.4. The van der Waals surface area contributed by atoms with Crippen molar-refractivity contribution in [3.63, 3.8) is 0 Å². The molecule has 1 fully saturated rings. The molecule has 1 N–H and O–H groups in total. The fourth-order valence-corrected chi connectivity index (χ4v) is 3.43. The van der Waals surface area contributed by atoms with Crippen LogP contribution >= 0.6 is 23.2 Å². The summed E-state index contributed by atoms with van der Waals surface area (Å²) in [7, 11) is 0. The summed E-state index contributed by atoms with van der Waals surface area (Å²) < 4.78 is 0. The Bertz CT molecular complexity index is 508. The van der Waals surface area contributed by atoms with Gasteiger partial charge in [0, 0.05) is 22.4 Å². The SMILES string of the molecule is O=C(O)[C@H]1CCCC[C@H]1C(=O)Cc1cc(Cl)cc(Cl)c1. The number of Topliss-reactive ketones (excluding diaryl/α,β-unsaturated/α-hetero) is 1. The van der Waals surface area contributed by atoms with E-state index >= 15 is 0 Å². The molecule has 0 radical (unpaired) electrons. The number of halogens is 2. The third-order valence-corrected chi connectivity index (χ3v) is 4.23. The quantitative estimate of drug-likeness (QED) is 0.914. The molecule has 1 aliphatic rings. The molecule has 0 unspecified atom stereocenters. The normalized spacial score (nSPS) is 22.5. The van der Waals surface area contributed by atoms with Gasteiger partial charge in [0.15, 0.2) is 0 Å². The predicted molar refractivity (Wildman–Crippen MR) is 78.3 cm³/mol. The van der Waals surface area contributed by atoms with Crippen LogP contribution in [0.1, 0.15) is 31.2 Å². The maximum atomic E-state index is 12.4. The fraction of sp³-hybridized carbons (Fsp3) is 0.467. The molecule has 1 aromatic rings. The molecular weight excluding hydrogens is 299 g/mol. The highest BCUT2D eigenvalue weighted by Gasteiger charge is 2.35. The van der Waals surface area contributed by atoms with Gasteiger partial charge in [-0.2, -0.15) is 0 Å². The van der Waals surface area contributed by atoms with Crippen LogP contribution in [0.25, 0.3) is 0 Å². The molecule has 0 bridgehead atoms. The lowest BCUT2D eigenvalue weighted by Crippen LogP contribution is -2.33. The van der Waals surface area contributed by atoms with Gasteiger partial charge in [-0.05, 0) is 36.6 Å². The minimum absolute atomic E-state index is 0.0320. The number of carbonyl (C=O) groups excluding carboxylic acids is 1. The minimum Gasteiger partial charge on any atom is -0.481 e. The van der Waals surface area contributed by atoms with Gasteiger partial charge >= 0.3 is 5.97 Å². The van der Waals surface area contributed by atoms with Gasteiger partial charge in [0.25, 0.3) is 0 Å². The lowest BCUT2D eigenvalue weighted by Gasteiger charge is -2.27. The van der Waals surface area contributed by atoms with Crippen LogP contribution < -0.4 is 0 Å². The molecule has 0 aliphatic heterocycles. The van der Waals surface area contributed by atoms with Crippen molar-refractivity contribution in [1.29, 1.82) is 0 Å². The summed E-state index contributed by atoms with van der Waals surface area (Å²) >= 11 is 11.8. The molecule has 20 heavy (non-hydrogen) atoms. The van der Waals surface area contributed by atoms with Gasteiger partial charge in [0.05, 0.1) is 5.92 Å². The molecule has 1 saturated carbocycles. The van der Waals surface area contributed by atoms with E-state index in [4.69, 9.17) is 23.2 Å². The number of carboxylic acid groups (broad SMARTS) is 1. The van der Waals surface area contributed by atoms with E-state index in [9.17, 15) is 14.7 Å². The van der Waals surface area contributed by atoms with Crippen molar-refractivity contribution in [2.45, 2.75) is 32.1 Å². The largest absolute Gasteiger partial charge is 0.481 e. The van der Waals surface area contributed by atoms with E-state index in [1.165, 1.54) is 0 Å². The first-order valence-electron chi connectivity index (χ1n) is 6.68. The molecule has 3 nitrogen and oxygen atoms in total. The highest BCUT2D eigenvalue weighted by Crippen LogP contribution is 2.32. The Kier molecular flexibility index (Phi) is 5.06. The molecule has 1 aromatic carbocycles. The number of rotatable bonds is 4. The Morgan fingerprint density at radius 1 is 1.05 bits per heavy atom. The Hall–Kier alpha value is -1.06. The van der Waals surface area contributed by atoms with Crippen molar-refractivity contribution < 1.29 is 14.7 Å². The summed E-state index contributed by atoms with van der Waals surface area (Å²) in [6, 6.07) is 5.01. The van der Waals surface area contributed by atoms with Gasteiger partial charge in [0.1, 0.15) is 5.78 Å². The van der Waals surface area contributed by atoms with Crippen LogP contribution in [-0.2, 0) is 16.0 Å². The Labute approximate surface area is 127 Å². The first-order chi connectivity index (χ1) is 9.47. The van der Waals surface area contributed by atoms with Gasteiger partial charge in [-0.25, -0.2) is 0 Å². The smallest absolute Gasteiger partial charge is 0.307 e. The standard InChI is InChI=1S/C15H16Cl2O3/c16-10-5-9(6-11(17)8-10)7-14(18)12-3-1-2-4-13(12)15(19)20/h5-6,8,12-13H,1-4,7H2,(H,19,20)/t12-,13+/m1/s1. The van der Waals surface area contributed by atoms with Crippen LogP contribution in [0.2, 0.25) is 10.0 Å². The third kappa shape index (κ3) is 3.74. The summed E-state index contributed by atoms with van der Waals surface area (Å²) in [5.74, 6) is -1.84. The summed E-state index contributed by atoms with van der Waals surface area (Å²) in [4.78, 5) is 23.6. The lowest BCUT2D eigenvalue weighted by molar-refractivity contribution is -0.148. The van der Waals surface area contributed by atoms with E-state index in [-0.39, 0.29) is 18.1 Å². The van der Waals surface area contributed by atoms with E-state index in [2.05, 4.69) is 0 Å². The molecule has 2 rings (SSSR count). The zero-order valence-corrected chi connectivity index (χ0v) is 12.5. The number of ketones is 1. The average molecular weight is 315 g/mol. The number of carboxylic acids is 1. The van der Waals surface area contributed by atoms with E-state index < -0.39 is 11.9 Å². The topological polar surface area (TPSA) is 54.4 Å². The van der Waals surface area contributed by atoms with Gasteiger partial charge < -0.3 is 5.11 Å². The highest BCUT2D eigenvalue weighted by atomic mass is 35.5. The van der Waals surface area contributed by atoms with Crippen molar-refractivity contribution in [3.05, 3.63) is 33.8 Å². The van der Waals surface area contributed by atoms with Crippen LogP contribution in [0, 0.1) is 11.8 Å². The molecule has 0 saturated heterocycles. The molecule has 0 amide bonds. The number of aliphatic carboxylic acids is 1. The zero-order chi connectivity index (χ0) is 14.7. The number of carbonyl (C=O) groups is 2. The molecule has 108 valence electrons.